The number of amides is 1. The van der Waals surface area contributed by atoms with Crippen LogP contribution in [0.15, 0.2) is 89.5 Å². The predicted octanol–water partition coefficient (Wildman–Crippen LogP) is 8.27. The molecule has 1 unspecified atom stereocenters. The number of aromatic nitrogens is 1. The maximum Gasteiger partial charge on any atom is 0.427 e. The Kier molecular flexibility index (Phi) is 7.82. The lowest BCUT2D eigenvalue weighted by molar-refractivity contribution is -0.146. The van der Waals surface area contributed by atoms with E-state index in [0.29, 0.717) is 16.2 Å². The van der Waals surface area contributed by atoms with Crippen LogP contribution in [0.4, 0.5) is 4.79 Å². The largest absolute Gasteiger partial charge is 0.465 e. The molecule has 200 valence electrons. The number of hydrogen-bond donors (Lipinski definition) is 1. The molecule has 8 heteroatoms. The van der Waals surface area contributed by atoms with Crippen molar-refractivity contribution in [3.63, 3.8) is 0 Å². The maximum absolute atomic E-state index is 12.7. The highest BCUT2D eigenvalue weighted by molar-refractivity contribution is 9.10. The van der Waals surface area contributed by atoms with Crippen molar-refractivity contribution < 1.29 is 19.1 Å². The number of nitrogens with one attached hydrogen (secondary N) is 1. The van der Waals surface area contributed by atoms with Crippen LogP contribution in [-0.4, -0.2) is 23.3 Å². The first kappa shape index (κ1) is 27.0. The molecule has 0 spiro atoms. The average molecular weight is 608 g/mol. The molecular formula is C31H28BrClN2O4. The first-order valence-corrected chi connectivity index (χ1v) is 14.0. The van der Waals surface area contributed by atoms with E-state index in [0.717, 1.165) is 46.4 Å². The number of carbonyl (C=O) groups is 2. The monoisotopic (exact) mass is 606 g/mol. The molecule has 0 radical (unpaired) electrons. The van der Waals surface area contributed by atoms with E-state index in [-0.39, 0.29) is 5.97 Å². The Bertz CT molecular complexity index is 1490. The molecule has 1 aliphatic rings. The summed E-state index contributed by atoms with van der Waals surface area (Å²) >= 11 is 9.75. The van der Waals surface area contributed by atoms with E-state index in [9.17, 15) is 9.59 Å². The SMILES string of the molecule is CCOC(=O)C1(c2ccc(-c3ccc(-c4ccc(Br)n4NC(=O)OC(C)c4ccccc4Cl)cc3)cc2)CC1. The number of benzene rings is 3. The number of nitrogens with zero attached hydrogens (tertiary/aromatic N) is 1. The summed E-state index contributed by atoms with van der Waals surface area (Å²) in [5.74, 6) is -0.132. The Balaban J connectivity index is 1.29. The highest BCUT2D eigenvalue weighted by atomic mass is 79.9. The lowest BCUT2D eigenvalue weighted by atomic mass is 9.93. The summed E-state index contributed by atoms with van der Waals surface area (Å²) in [4.78, 5) is 25.1. The summed E-state index contributed by atoms with van der Waals surface area (Å²) in [5, 5.41) is 0.543. The van der Waals surface area contributed by atoms with Gasteiger partial charge in [-0.1, -0.05) is 78.3 Å². The topological polar surface area (TPSA) is 69.6 Å². The minimum absolute atomic E-state index is 0.132. The molecule has 1 aliphatic carbocycles. The number of carbonyl (C=O) groups excluding carboxylic acids is 2. The van der Waals surface area contributed by atoms with E-state index in [1.807, 2.05) is 85.8 Å². The Labute approximate surface area is 241 Å². The van der Waals surface area contributed by atoms with Gasteiger partial charge in [0.25, 0.3) is 0 Å². The highest BCUT2D eigenvalue weighted by Crippen LogP contribution is 2.49. The van der Waals surface area contributed by atoms with E-state index in [1.165, 1.54) is 0 Å². The molecule has 1 fully saturated rings. The molecule has 1 N–H and O–H groups in total. The third-order valence-electron chi connectivity index (χ3n) is 7.03. The quantitative estimate of drug-likeness (QED) is 0.205. The zero-order chi connectivity index (χ0) is 27.6. The van der Waals surface area contributed by atoms with Gasteiger partial charge in [-0.25, -0.2) is 14.9 Å². The van der Waals surface area contributed by atoms with Gasteiger partial charge < -0.3 is 9.47 Å². The van der Waals surface area contributed by atoms with Gasteiger partial charge in [0.2, 0.25) is 0 Å². The third kappa shape index (κ3) is 5.60. The van der Waals surface area contributed by atoms with Gasteiger partial charge in [0.15, 0.2) is 0 Å². The number of hydrogen-bond acceptors (Lipinski definition) is 4. The van der Waals surface area contributed by atoms with Gasteiger partial charge in [0.1, 0.15) is 10.7 Å². The average Bonchev–Trinajstić information content (AvgIpc) is 3.68. The second-order valence-electron chi connectivity index (χ2n) is 9.51. The standard InChI is InChI=1S/C31H28BrClN2O4/c1-3-38-29(36)31(18-19-31)24-14-12-22(13-15-24)21-8-10-23(11-9-21)27-16-17-28(32)35(27)34-30(37)39-20(2)25-6-4-5-7-26(25)33/h4-17,20H,3,18-19H2,1-2H3,(H,34,37). The summed E-state index contributed by atoms with van der Waals surface area (Å²) in [6, 6.07) is 27.2. The van der Waals surface area contributed by atoms with Crippen LogP contribution in [0.5, 0.6) is 0 Å². The molecule has 0 saturated heterocycles. The van der Waals surface area contributed by atoms with E-state index in [2.05, 4.69) is 21.4 Å². The summed E-state index contributed by atoms with van der Waals surface area (Å²) in [7, 11) is 0. The van der Waals surface area contributed by atoms with E-state index >= 15 is 0 Å². The first-order valence-electron chi connectivity index (χ1n) is 12.8. The van der Waals surface area contributed by atoms with Gasteiger partial charge in [-0.15, -0.1) is 0 Å². The molecule has 0 aliphatic heterocycles. The second kappa shape index (κ2) is 11.3. The lowest BCUT2D eigenvalue weighted by Gasteiger charge is -2.17. The van der Waals surface area contributed by atoms with Crippen LogP contribution in [0.25, 0.3) is 22.4 Å². The molecule has 3 aromatic carbocycles. The number of rotatable bonds is 8. The smallest absolute Gasteiger partial charge is 0.427 e. The zero-order valence-electron chi connectivity index (χ0n) is 21.6. The summed E-state index contributed by atoms with van der Waals surface area (Å²) in [6.07, 6.45) is 0.535. The zero-order valence-corrected chi connectivity index (χ0v) is 24.0. The van der Waals surface area contributed by atoms with Crippen molar-refractivity contribution in [3.8, 4) is 22.4 Å². The molecule has 1 saturated carbocycles. The molecule has 0 bridgehead atoms. The maximum atomic E-state index is 12.7. The van der Waals surface area contributed by atoms with Crippen molar-refractivity contribution in [1.82, 2.24) is 4.68 Å². The van der Waals surface area contributed by atoms with Crippen LogP contribution in [-0.2, 0) is 19.7 Å². The lowest BCUT2D eigenvalue weighted by Crippen LogP contribution is -2.25. The number of esters is 1. The van der Waals surface area contributed by atoms with Crippen molar-refractivity contribution in [2.45, 2.75) is 38.2 Å². The fourth-order valence-electron chi connectivity index (χ4n) is 4.72. The molecule has 4 aromatic rings. The molecular weight excluding hydrogens is 580 g/mol. The van der Waals surface area contributed by atoms with Gasteiger partial charge in [-0.3, -0.25) is 4.79 Å². The van der Waals surface area contributed by atoms with Gasteiger partial charge in [0, 0.05) is 16.1 Å². The Hall–Kier alpha value is -3.55. The van der Waals surface area contributed by atoms with Crippen LogP contribution < -0.4 is 5.43 Å². The van der Waals surface area contributed by atoms with Crippen molar-refractivity contribution in [2.75, 3.05) is 12.0 Å². The second-order valence-corrected chi connectivity index (χ2v) is 10.7. The third-order valence-corrected chi connectivity index (χ3v) is 7.99. The van der Waals surface area contributed by atoms with E-state index in [1.54, 1.807) is 17.7 Å². The van der Waals surface area contributed by atoms with E-state index < -0.39 is 17.6 Å². The summed E-state index contributed by atoms with van der Waals surface area (Å²) in [5.41, 5.74) is 7.86. The fourth-order valence-corrected chi connectivity index (χ4v) is 5.42. The van der Waals surface area contributed by atoms with Crippen LogP contribution in [0.1, 0.15) is 43.9 Å². The molecule has 1 aromatic heterocycles. The van der Waals surface area contributed by atoms with Crippen molar-refractivity contribution in [2.24, 2.45) is 0 Å². The molecule has 6 nitrogen and oxygen atoms in total. The first-order chi connectivity index (χ1) is 18.8. The van der Waals surface area contributed by atoms with Gasteiger partial charge in [-0.2, -0.15) is 0 Å². The fraction of sp³-hybridized carbons (Fsp3) is 0.226. The summed E-state index contributed by atoms with van der Waals surface area (Å²) in [6.45, 7) is 4.00. The Morgan fingerprint density at radius 1 is 0.949 bits per heavy atom. The minimum atomic E-state index is -0.603. The van der Waals surface area contributed by atoms with Crippen LogP contribution in [0, 0.1) is 0 Å². The highest BCUT2D eigenvalue weighted by Gasteiger charge is 2.52. The van der Waals surface area contributed by atoms with Crippen LogP contribution in [0.2, 0.25) is 5.02 Å². The van der Waals surface area contributed by atoms with Crippen molar-refractivity contribution in [3.05, 3.63) is 106 Å². The number of ether oxygens (including phenoxy) is 2. The molecule has 1 amide bonds. The molecule has 1 atom stereocenters. The Morgan fingerprint density at radius 2 is 1.56 bits per heavy atom. The number of halogens is 2. The van der Waals surface area contributed by atoms with E-state index in [4.69, 9.17) is 21.1 Å². The summed E-state index contributed by atoms with van der Waals surface area (Å²) < 4.78 is 13.2. The Morgan fingerprint density at radius 3 is 2.18 bits per heavy atom. The molecule has 1 heterocycles. The van der Waals surface area contributed by atoms with Gasteiger partial charge in [-0.05, 0) is 77.5 Å². The molecule has 39 heavy (non-hydrogen) atoms. The van der Waals surface area contributed by atoms with Crippen molar-refractivity contribution >= 4 is 39.6 Å². The van der Waals surface area contributed by atoms with Gasteiger partial charge in [0.05, 0.1) is 17.7 Å². The van der Waals surface area contributed by atoms with Crippen LogP contribution >= 0.6 is 27.5 Å². The predicted molar refractivity (Wildman–Crippen MR) is 156 cm³/mol. The molecule has 5 rings (SSSR count). The van der Waals surface area contributed by atoms with Gasteiger partial charge >= 0.3 is 12.1 Å². The van der Waals surface area contributed by atoms with Crippen LogP contribution in [0.3, 0.4) is 0 Å². The normalized spacial score (nSPS) is 14.4. The minimum Gasteiger partial charge on any atom is -0.465 e. The van der Waals surface area contributed by atoms with Crippen molar-refractivity contribution in [1.29, 1.82) is 0 Å².